The number of amides is 2. The highest BCUT2D eigenvalue weighted by molar-refractivity contribution is 9.10. The molecular weight excluding hydrogens is 381 g/mol. The number of ether oxygens (including phenoxy) is 1. The molecule has 6 nitrogen and oxygen atoms in total. The molecule has 0 fully saturated rings. The fourth-order valence-electron chi connectivity index (χ4n) is 1.68. The Kier molecular flexibility index (Phi) is 6.02. The van der Waals surface area contributed by atoms with Crippen LogP contribution in [-0.2, 0) is 9.59 Å². The minimum atomic E-state index is -1.02. The number of hydrogen-bond acceptors (Lipinski definition) is 4. The highest BCUT2D eigenvalue weighted by atomic mass is 79.9. The van der Waals surface area contributed by atoms with E-state index in [0.717, 1.165) is 0 Å². The van der Waals surface area contributed by atoms with Crippen LogP contribution in [0.2, 0.25) is 0 Å². The number of carbonyl (C=O) groups is 2. The molecule has 0 saturated carbocycles. The summed E-state index contributed by atoms with van der Waals surface area (Å²) < 4.78 is 19.1. The summed E-state index contributed by atoms with van der Waals surface area (Å²) >= 11 is 3.10. The SMILES string of the molecule is COc1ccc(C=NNC(=O)C(=O)Nc2ccc(Br)cc2F)cc1. The van der Waals surface area contributed by atoms with Crippen LogP contribution >= 0.6 is 15.9 Å². The molecule has 2 N–H and O–H groups in total. The van der Waals surface area contributed by atoms with Crippen molar-refractivity contribution < 1.29 is 18.7 Å². The average Bonchev–Trinajstić information content (AvgIpc) is 2.57. The van der Waals surface area contributed by atoms with Gasteiger partial charge in [0.25, 0.3) is 0 Å². The lowest BCUT2D eigenvalue weighted by Gasteiger charge is -2.05. The predicted molar refractivity (Wildman–Crippen MR) is 91.5 cm³/mol. The Bertz CT molecular complexity index is 779. The number of nitrogens with zero attached hydrogens (tertiary/aromatic N) is 1. The molecule has 2 aromatic carbocycles. The zero-order valence-corrected chi connectivity index (χ0v) is 14.1. The van der Waals surface area contributed by atoms with Gasteiger partial charge in [0.2, 0.25) is 0 Å². The summed E-state index contributed by atoms with van der Waals surface area (Å²) in [7, 11) is 1.55. The Morgan fingerprint density at radius 3 is 2.50 bits per heavy atom. The number of rotatable bonds is 4. The summed E-state index contributed by atoms with van der Waals surface area (Å²) in [5.74, 6) is -2.01. The number of hydrazone groups is 1. The maximum absolute atomic E-state index is 13.6. The molecule has 2 rings (SSSR count). The van der Waals surface area contributed by atoms with Gasteiger partial charge in [-0.25, -0.2) is 9.82 Å². The van der Waals surface area contributed by atoms with Crippen molar-refractivity contribution in [1.82, 2.24) is 5.43 Å². The number of anilines is 1. The van der Waals surface area contributed by atoms with E-state index in [4.69, 9.17) is 4.74 Å². The number of halogens is 2. The van der Waals surface area contributed by atoms with Gasteiger partial charge in [0.05, 0.1) is 19.0 Å². The van der Waals surface area contributed by atoms with E-state index in [1.807, 2.05) is 0 Å². The van der Waals surface area contributed by atoms with E-state index in [1.165, 1.54) is 18.3 Å². The Balaban J connectivity index is 1.91. The van der Waals surface area contributed by atoms with Gasteiger partial charge in [0.15, 0.2) is 0 Å². The number of hydrogen-bond donors (Lipinski definition) is 2. The number of methoxy groups -OCH3 is 1. The van der Waals surface area contributed by atoms with Gasteiger partial charge in [0.1, 0.15) is 11.6 Å². The van der Waals surface area contributed by atoms with E-state index in [1.54, 1.807) is 37.4 Å². The molecule has 0 bridgehead atoms. The Labute approximate surface area is 145 Å². The van der Waals surface area contributed by atoms with Crippen molar-refractivity contribution in [2.75, 3.05) is 12.4 Å². The standard InChI is InChI=1S/C16H13BrFN3O3/c1-24-12-5-2-10(3-6-12)9-19-21-16(23)15(22)20-14-7-4-11(17)8-13(14)18/h2-9H,1H3,(H,20,22)(H,21,23). The van der Waals surface area contributed by atoms with Crippen LogP contribution in [0.3, 0.4) is 0 Å². The molecule has 0 saturated heterocycles. The Morgan fingerprint density at radius 2 is 1.88 bits per heavy atom. The second-order valence-corrected chi connectivity index (χ2v) is 5.47. The van der Waals surface area contributed by atoms with E-state index in [9.17, 15) is 14.0 Å². The quantitative estimate of drug-likeness (QED) is 0.476. The van der Waals surface area contributed by atoms with Crippen LogP contribution in [0, 0.1) is 5.82 Å². The molecule has 0 aliphatic heterocycles. The lowest BCUT2D eigenvalue weighted by Crippen LogP contribution is -2.32. The van der Waals surface area contributed by atoms with Crippen LogP contribution in [0.25, 0.3) is 0 Å². The molecule has 8 heteroatoms. The molecular formula is C16H13BrFN3O3. The number of carbonyl (C=O) groups excluding carboxylic acids is 2. The smallest absolute Gasteiger partial charge is 0.329 e. The lowest BCUT2D eigenvalue weighted by molar-refractivity contribution is -0.136. The van der Waals surface area contributed by atoms with Gasteiger partial charge in [-0.1, -0.05) is 15.9 Å². The van der Waals surface area contributed by atoms with Gasteiger partial charge < -0.3 is 10.1 Å². The summed E-state index contributed by atoms with van der Waals surface area (Å²) in [6, 6.07) is 11.0. The molecule has 2 amide bonds. The van der Waals surface area contributed by atoms with E-state index < -0.39 is 17.6 Å². The molecule has 0 aromatic heterocycles. The minimum Gasteiger partial charge on any atom is -0.497 e. The predicted octanol–water partition coefficient (Wildman–Crippen LogP) is 2.69. The number of benzene rings is 2. The third-order valence-corrected chi connectivity index (χ3v) is 3.37. The van der Waals surface area contributed by atoms with E-state index in [-0.39, 0.29) is 5.69 Å². The van der Waals surface area contributed by atoms with E-state index in [0.29, 0.717) is 15.8 Å². The lowest BCUT2D eigenvalue weighted by atomic mass is 10.2. The van der Waals surface area contributed by atoms with Gasteiger partial charge in [0, 0.05) is 4.47 Å². The van der Waals surface area contributed by atoms with Gasteiger partial charge in [-0.2, -0.15) is 5.10 Å². The highest BCUT2D eigenvalue weighted by Crippen LogP contribution is 2.19. The maximum atomic E-state index is 13.6. The van der Waals surface area contributed by atoms with Crippen LogP contribution in [-0.4, -0.2) is 25.1 Å². The second-order valence-electron chi connectivity index (χ2n) is 4.55. The van der Waals surface area contributed by atoms with Crippen LogP contribution in [0.4, 0.5) is 10.1 Å². The number of nitrogens with one attached hydrogen (secondary N) is 2. The van der Waals surface area contributed by atoms with Gasteiger partial charge in [-0.15, -0.1) is 0 Å². The van der Waals surface area contributed by atoms with Gasteiger partial charge >= 0.3 is 11.8 Å². The highest BCUT2D eigenvalue weighted by Gasteiger charge is 2.15. The maximum Gasteiger partial charge on any atom is 0.329 e. The van der Waals surface area contributed by atoms with Crippen molar-refractivity contribution in [3.8, 4) is 5.75 Å². The topological polar surface area (TPSA) is 79.8 Å². The normalized spacial score (nSPS) is 10.5. The van der Waals surface area contributed by atoms with Crippen LogP contribution < -0.4 is 15.5 Å². The molecule has 0 aliphatic carbocycles. The zero-order valence-electron chi connectivity index (χ0n) is 12.5. The first-order valence-corrected chi connectivity index (χ1v) is 7.52. The Hall–Kier alpha value is -2.74. The molecule has 0 spiro atoms. The molecule has 0 unspecified atom stereocenters. The zero-order chi connectivity index (χ0) is 17.5. The molecule has 2 aromatic rings. The van der Waals surface area contributed by atoms with Gasteiger partial charge in [-0.3, -0.25) is 9.59 Å². The van der Waals surface area contributed by atoms with Crippen LogP contribution in [0.5, 0.6) is 5.75 Å². The first-order chi connectivity index (χ1) is 11.5. The van der Waals surface area contributed by atoms with Crippen molar-refractivity contribution in [1.29, 1.82) is 0 Å². The van der Waals surface area contributed by atoms with Crippen molar-refractivity contribution >= 4 is 39.6 Å². The third kappa shape index (κ3) is 4.88. The van der Waals surface area contributed by atoms with Crippen molar-refractivity contribution in [2.24, 2.45) is 5.10 Å². The Morgan fingerprint density at radius 1 is 1.17 bits per heavy atom. The molecule has 24 heavy (non-hydrogen) atoms. The van der Waals surface area contributed by atoms with Crippen LogP contribution in [0.15, 0.2) is 52.0 Å². The second kappa shape index (κ2) is 8.21. The molecule has 0 aliphatic rings. The molecule has 0 radical (unpaired) electrons. The van der Waals surface area contributed by atoms with Crippen LogP contribution in [0.1, 0.15) is 5.56 Å². The third-order valence-electron chi connectivity index (χ3n) is 2.88. The fraction of sp³-hybridized carbons (Fsp3) is 0.0625. The van der Waals surface area contributed by atoms with Crippen molar-refractivity contribution in [2.45, 2.75) is 0 Å². The largest absolute Gasteiger partial charge is 0.497 e. The summed E-state index contributed by atoms with van der Waals surface area (Å²) in [6.07, 6.45) is 1.37. The monoisotopic (exact) mass is 393 g/mol. The molecule has 0 heterocycles. The summed E-state index contributed by atoms with van der Waals surface area (Å²) in [4.78, 5) is 23.3. The van der Waals surface area contributed by atoms with Crippen molar-refractivity contribution in [3.63, 3.8) is 0 Å². The summed E-state index contributed by atoms with van der Waals surface area (Å²) in [5.41, 5.74) is 2.67. The first kappa shape index (κ1) is 17.6. The minimum absolute atomic E-state index is 0.0996. The summed E-state index contributed by atoms with van der Waals surface area (Å²) in [5, 5.41) is 5.83. The fourth-order valence-corrected chi connectivity index (χ4v) is 2.01. The first-order valence-electron chi connectivity index (χ1n) is 6.73. The van der Waals surface area contributed by atoms with E-state index >= 15 is 0 Å². The van der Waals surface area contributed by atoms with E-state index in [2.05, 4.69) is 31.8 Å². The summed E-state index contributed by atoms with van der Waals surface area (Å²) in [6.45, 7) is 0. The van der Waals surface area contributed by atoms with Gasteiger partial charge in [-0.05, 0) is 48.0 Å². The van der Waals surface area contributed by atoms with Crippen molar-refractivity contribution in [3.05, 3.63) is 58.3 Å². The average molecular weight is 394 g/mol. The molecule has 0 atom stereocenters. The molecule has 124 valence electrons.